The van der Waals surface area contributed by atoms with Gasteiger partial charge in [0.2, 0.25) is 0 Å². The molecule has 1 aromatic carbocycles. The van der Waals surface area contributed by atoms with Crippen LogP contribution in [0, 0.1) is 0 Å². The van der Waals surface area contributed by atoms with Crippen molar-refractivity contribution in [1.82, 2.24) is 13.8 Å². The number of hydrogen-bond donors (Lipinski definition) is 1. The van der Waals surface area contributed by atoms with Gasteiger partial charge in [0.15, 0.2) is 0 Å². The van der Waals surface area contributed by atoms with Crippen LogP contribution in [-0.4, -0.2) is 33.2 Å². The zero-order valence-corrected chi connectivity index (χ0v) is 18.1. The van der Waals surface area contributed by atoms with Crippen molar-refractivity contribution in [2.75, 3.05) is 0 Å². The number of aliphatic carboxylic acids is 1. The Hall–Kier alpha value is -3.12. The fourth-order valence-electron chi connectivity index (χ4n) is 3.33. The Morgan fingerprint density at radius 1 is 1.16 bits per heavy atom. The van der Waals surface area contributed by atoms with Crippen molar-refractivity contribution in [3.8, 4) is 10.6 Å². The van der Waals surface area contributed by atoms with Crippen LogP contribution < -0.4 is 0 Å². The second kappa shape index (κ2) is 7.78. The lowest BCUT2D eigenvalue weighted by Gasteiger charge is -2.06. The number of carboxylic acids is 1. The maximum absolute atomic E-state index is 13.2. The lowest BCUT2D eigenvalue weighted by molar-refractivity contribution is -0.143. The Morgan fingerprint density at radius 3 is 2.56 bits per heavy atom. The first-order valence-corrected chi connectivity index (χ1v) is 11.5. The number of benzene rings is 1. The minimum Gasteiger partial charge on any atom is -0.481 e. The molecule has 3 heterocycles. The maximum Gasteiger partial charge on any atom is 0.433 e. The van der Waals surface area contributed by atoms with Crippen LogP contribution in [0.2, 0.25) is 0 Å². The number of carbonyl (C=O) groups is 1. The van der Waals surface area contributed by atoms with Crippen LogP contribution in [-0.2, 0) is 34.5 Å². The van der Waals surface area contributed by atoms with E-state index in [1.54, 1.807) is 24.3 Å². The monoisotopic (exact) mass is 483 g/mol. The number of carboxylic acid groups (broad SMARTS) is 1. The topological polar surface area (TPSA) is 94.2 Å². The average Bonchev–Trinajstić information content (AvgIpc) is 3.43. The fraction of sp³-hybridized carbons (Fsp3) is 0.200. The molecule has 0 atom stereocenters. The first-order chi connectivity index (χ1) is 15.0. The molecule has 7 nitrogen and oxygen atoms in total. The summed E-state index contributed by atoms with van der Waals surface area (Å²) >= 11 is 0.830. The van der Waals surface area contributed by atoms with Gasteiger partial charge in [0.25, 0.3) is 10.0 Å². The zero-order valence-electron chi connectivity index (χ0n) is 16.5. The molecule has 4 rings (SSSR count). The van der Waals surface area contributed by atoms with Crippen molar-refractivity contribution in [2.45, 2.75) is 23.2 Å². The van der Waals surface area contributed by atoms with E-state index in [9.17, 15) is 26.4 Å². The molecule has 168 valence electrons. The van der Waals surface area contributed by atoms with Gasteiger partial charge < -0.3 is 5.11 Å². The van der Waals surface area contributed by atoms with E-state index in [2.05, 4.69) is 5.10 Å². The van der Waals surface area contributed by atoms with E-state index in [0.717, 1.165) is 26.9 Å². The SMILES string of the molecule is Cn1nc(-c2ccc(S(=O)(=O)n3ccc4cc(CCC(=O)O)ccc43)s2)cc1C(F)(F)F. The smallest absolute Gasteiger partial charge is 0.433 e. The highest BCUT2D eigenvalue weighted by atomic mass is 32.2. The quantitative estimate of drug-likeness (QED) is 0.439. The molecule has 0 unspecified atom stereocenters. The summed E-state index contributed by atoms with van der Waals surface area (Å²) in [6.45, 7) is 0. The molecule has 0 radical (unpaired) electrons. The summed E-state index contributed by atoms with van der Waals surface area (Å²) in [7, 11) is -2.82. The van der Waals surface area contributed by atoms with Gasteiger partial charge in [0.1, 0.15) is 15.6 Å². The van der Waals surface area contributed by atoms with Crippen LogP contribution in [0.4, 0.5) is 13.2 Å². The standard InChI is InChI=1S/C20H16F3N3O4S2/c1-25-17(20(21,22)23)11-14(24-25)16-5-7-19(31-16)32(29,30)26-9-8-13-10-12(2-4-15(13)26)3-6-18(27)28/h2,4-5,7-11H,3,6H2,1H3,(H,27,28). The summed E-state index contributed by atoms with van der Waals surface area (Å²) in [4.78, 5) is 11.1. The number of aromatic nitrogens is 3. The van der Waals surface area contributed by atoms with E-state index < -0.39 is 27.9 Å². The third kappa shape index (κ3) is 4.02. The number of hydrogen-bond acceptors (Lipinski definition) is 5. The maximum atomic E-state index is 13.2. The lowest BCUT2D eigenvalue weighted by Crippen LogP contribution is -2.11. The molecule has 12 heteroatoms. The molecule has 3 aromatic heterocycles. The molecule has 32 heavy (non-hydrogen) atoms. The normalized spacial score (nSPS) is 12.5. The van der Waals surface area contributed by atoms with Gasteiger partial charge >= 0.3 is 12.1 Å². The van der Waals surface area contributed by atoms with Crippen molar-refractivity contribution >= 4 is 38.2 Å². The first kappa shape index (κ1) is 22.1. The Labute approximate surface area is 184 Å². The van der Waals surface area contributed by atoms with E-state index in [0.29, 0.717) is 26.9 Å². The molecule has 0 saturated carbocycles. The summed E-state index contributed by atoms with van der Waals surface area (Å²) in [6, 6.07) is 10.3. The van der Waals surface area contributed by atoms with E-state index in [1.807, 2.05) is 0 Å². The van der Waals surface area contributed by atoms with Gasteiger partial charge in [-0.15, -0.1) is 11.3 Å². The van der Waals surface area contributed by atoms with E-state index in [1.165, 1.54) is 25.4 Å². The first-order valence-electron chi connectivity index (χ1n) is 9.25. The molecule has 4 aromatic rings. The highest BCUT2D eigenvalue weighted by Crippen LogP contribution is 2.36. The van der Waals surface area contributed by atoms with Crippen LogP contribution >= 0.6 is 11.3 Å². The van der Waals surface area contributed by atoms with Crippen LogP contribution in [0.25, 0.3) is 21.5 Å². The highest BCUT2D eigenvalue weighted by Gasteiger charge is 2.35. The molecule has 0 bridgehead atoms. The van der Waals surface area contributed by atoms with E-state index in [-0.39, 0.29) is 16.3 Å². The van der Waals surface area contributed by atoms with Gasteiger partial charge in [-0.25, -0.2) is 3.97 Å². The predicted octanol–water partition coefficient (Wildman–Crippen LogP) is 4.38. The summed E-state index contributed by atoms with van der Waals surface area (Å²) in [5.41, 5.74) is 0.285. The van der Waals surface area contributed by atoms with Gasteiger partial charge in [-0.2, -0.15) is 26.7 Å². The van der Waals surface area contributed by atoms with Crippen molar-refractivity contribution in [3.63, 3.8) is 0 Å². The van der Waals surface area contributed by atoms with Gasteiger partial charge in [0, 0.05) is 25.1 Å². The minimum atomic E-state index is -4.57. The van der Waals surface area contributed by atoms with Crippen LogP contribution in [0.3, 0.4) is 0 Å². The van der Waals surface area contributed by atoms with Crippen LogP contribution in [0.1, 0.15) is 17.7 Å². The second-order valence-corrected chi connectivity index (χ2v) is 10.2. The molecule has 1 N–H and O–H groups in total. The molecular formula is C20H16F3N3O4S2. The summed E-state index contributed by atoms with van der Waals surface area (Å²) in [5, 5.41) is 13.3. The van der Waals surface area contributed by atoms with Gasteiger partial charge in [0.05, 0.1) is 10.4 Å². The molecule has 0 aliphatic carbocycles. The van der Waals surface area contributed by atoms with Gasteiger partial charge in [-0.05, 0) is 48.4 Å². The Kier molecular flexibility index (Phi) is 5.37. The molecule has 0 fully saturated rings. The number of rotatable bonds is 6. The van der Waals surface area contributed by atoms with Crippen molar-refractivity contribution in [3.05, 3.63) is 59.9 Å². The van der Waals surface area contributed by atoms with Crippen molar-refractivity contribution < 1.29 is 31.5 Å². The van der Waals surface area contributed by atoms with Gasteiger partial charge in [-0.1, -0.05) is 6.07 Å². The summed E-state index contributed by atoms with van der Waals surface area (Å²) < 4.78 is 67.2. The Bertz CT molecular complexity index is 1430. The van der Waals surface area contributed by atoms with Crippen molar-refractivity contribution in [2.24, 2.45) is 7.05 Å². The van der Waals surface area contributed by atoms with Crippen LogP contribution in [0.15, 0.2) is 52.9 Å². The van der Waals surface area contributed by atoms with E-state index >= 15 is 0 Å². The van der Waals surface area contributed by atoms with Crippen LogP contribution in [0.5, 0.6) is 0 Å². The molecule has 0 aliphatic rings. The number of alkyl halides is 3. The number of thiophene rings is 1. The molecule has 0 spiro atoms. The largest absolute Gasteiger partial charge is 0.481 e. The third-order valence-corrected chi connectivity index (χ3v) is 8.13. The number of aryl methyl sites for hydroxylation is 2. The zero-order chi connectivity index (χ0) is 23.3. The minimum absolute atomic E-state index is 0.0340. The summed E-state index contributed by atoms with van der Waals surface area (Å²) in [6.07, 6.45) is -2.89. The fourth-order valence-corrected chi connectivity index (χ4v) is 6.03. The number of halogens is 3. The second-order valence-electron chi connectivity index (χ2n) is 7.06. The Morgan fingerprint density at radius 2 is 1.91 bits per heavy atom. The molecule has 0 amide bonds. The highest BCUT2D eigenvalue weighted by molar-refractivity contribution is 7.92. The lowest BCUT2D eigenvalue weighted by atomic mass is 10.1. The number of fused-ring (bicyclic) bond motifs is 1. The molecule has 0 aliphatic heterocycles. The van der Waals surface area contributed by atoms with Crippen molar-refractivity contribution in [1.29, 1.82) is 0 Å². The van der Waals surface area contributed by atoms with E-state index in [4.69, 9.17) is 5.11 Å². The molecule has 0 saturated heterocycles. The Balaban J connectivity index is 1.67. The predicted molar refractivity (Wildman–Crippen MR) is 112 cm³/mol. The summed E-state index contributed by atoms with van der Waals surface area (Å²) in [5.74, 6) is -0.922. The molecular weight excluding hydrogens is 467 g/mol. The average molecular weight is 483 g/mol. The van der Waals surface area contributed by atoms with Gasteiger partial charge in [-0.3, -0.25) is 9.48 Å². The third-order valence-electron chi connectivity index (χ3n) is 4.86. The number of nitrogens with zero attached hydrogens (tertiary/aromatic N) is 3.